The predicted octanol–water partition coefficient (Wildman–Crippen LogP) is 3.58. The quantitative estimate of drug-likeness (QED) is 0.475. The number of rotatable bonds is 2. The zero-order valence-corrected chi connectivity index (χ0v) is 9.38. The van der Waals surface area contributed by atoms with Crippen LogP contribution in [0.5, 0.6) is 0 Å². The topological polar surface area (TPSA) is 43.1 Å². The van der Waals surface area contributed by atoms with Crippen LogP contribution < -0.4 is 0 Å². The molecule has 0 aliphatic heterocycles. The summed E-state index contributed by atoms with van der Waals surface area (Å²) in [6, 6.07) is 6.01. The van der Waals surface area contributed by atoms with E-state index >= 15 is 0 Å². The molecule has 0 amide bonds. The third-order valence-corrected chi connectivity index (χ3v) is 5.08. The van der Waals surface area contributed by atoms with Crippen molar-refractivity contribution in [2.24, 2.45) is 0 Å². The Balaban J connectivity index is 2.93. The van der Waals surface area contributed by atoms with Crippen LogP contribution in [0.3, 0.4) is 0 Å². The Morgan fingerprint density at radius 2 is 1.75 bits per heavy atom. The van der Waals surface area contributed by atoms with E-state index in [4.69, 9.17) is 17.8 Å². The van der Waals surface area contributed by atoms with Crippen LogP contribution in [0.2, 0.25) is 0 Å². The summed E-state index contributed by atoms with van der Waals surface area (Å²) in [6.07, 6.45) is 0. The van der Waals surface area contributed by atoms with Crippen LogP contribution in [0.1, 0.15) is 0 Å². The molecule has 0 aromatic heterocycles. The second-order valence-electron chi connectivity index (χ2n) is 1.93. The van der Waals surface area contributed by atoms with Crippen molar-refractivity contribution >= 4 is 41.1 Å². The Morgan fingerprint density at radius 1 is 1.25 bits per heavy atom. The van der Waals surface area contributed by atoms with Gasteiger partial charge in [-0.1, -0.05) is 0 Å². The van der Waals surface area contributed by atoms with E-state index in [2.05, 4.69) is 0 Å². The van der Waals surface area contributed by atoms with Gasteiger partial charge in [0.25, 0.3) is 0 Å². The van der Waals surface area contributed by atoms with Crippen molar-refractivity contribution in [3.05, 3.63) is 37.9 Å². The summed E-state index contributed by atoms with van der Waals surface area (Å²) in [5.41, 5.74) is 0.0600. The van der Waals surface area contributed by atoms with Gasteiger partial charge in [0.05, 0.1) is 0 Å². The zero-order valence-electron chi connectivity index (χ0n) is 5.71. The molecule has 1 aromatic rings. The van der Waals surface area contributed by atoms with E-state index in [1.54, 1.807) is 12.1 Å². The molecule has 6 heteroatoms. The van der Waals surface area contributed by atoms with Crippen LogP contribution in [-0.4, -0.2) is 4.92 Å². The fourth-order valence-electron chi connectivity index (χ4n) is 0.658. The molecule has 0 radical (unpaired) electrons. The number of nitro groups is 1. The van der Waals surface area contributed by atoms with Gasteiger partial charge in [0.2, 0.25) is 0 Å². The van der Waals surface area contributed by atoms with Gasteiger partial charge < -0.3 is 0 Å². The number of nitro benzene ring substituents is 1. The van der Waals surface area contributed by atoms with Crippen molar-refractivity contribution in [1.29, 1.82) is 0 Å². The van der Waals surface area contributed by atoms with Crippen molar-refractivity contribution < 1.29 is 4.92 Å². The second kappa shape index (κ2) is 4.25. The summed E-state index contributed by atoms with van der Waals surface area (Å²) in [4.78, 5) is 9.78. The first-order valence-corrected chi connectivity index (χ1v) is 9.43. The van der Waals surface area contributed by atoms with Crippen molar-refractivity contribution in [2.45, 2.75) is 0 Å². The summed E-state index contributed by atoms with van der Waals surface area (Å²) >= 11 is -2.02. The van der Waals surface area contributed by atoms with Gasteiger partial charge in [0.1, 0.15) is 0 Å². The van der Waals surface area contributed by atoms with Crippen LogP contribution in [0, 0.1) is 13.7 Å². The minimum atomic E-state index is -2.02. The third kappa shape index (κ3) is 2.46. The molecule has 0 aliphatic carbocycles. The van der Waals surface area contributed by atoms with Crippen LogP contribution in [0.25, 0.3) is 0 Å². The van der Waals surface area contributed by atoms with Gasteiger partial charge in [-0.2, -0.15) is 0 Å². The summed E-state index contributed by atoms with van der Waals surface area (Å²) in [7, 11) is 11.4. The molecule has 0 aliphatic rings. The van der Waals surface area contributed by atoms with Gasteiger partial charge in [-0.3, -0.25) is 0 Å². The molecule has 0 bridgehead atoms. The molecule has 3 nitrogen and oxygen atoms in total. The zero-order chi connectivity index (χ0) is 9.14. The van der Waals surface area contributed by atoms with E-state index in [-0.39, 0.29) is 5.69 Å². The van der Waals surface area contributed by atoms with Gasteiger partial charge in [-0.25, -0.2) is 0 Å². The molecule has 0 heterocycles. The standard InChI is InChI=1S/C6H4Cl2INO2/c7-9(8)5-1-3-6(4-2-5)10(11)12/h1-4H. The van der Waals surface area contributed by atoms with E-state index in [0.29, 0.717) is 0 Å². The molecule has 0 saturated carbocycles. The summed E-state index contributed by atoms with van der Waals surface area (Å²) in [5, 5.41) is 10.2. The molecule has 0 N–H and O–H groups in total. The minimum absolute atomic E-state index is 0.0600. The first-order valence-electron chi connectivity index (χ1n) is 2.88. The van der Waals surface area contributed by atoms with Crippen LogP contribution >= 0.6 is 35.4 Å². The van der Waals surface area contributed by atoms with Gasteiger partial charge in [0, 0.05) is 0 Å². The number of hydrogen-bond donors (Lipinski definition) is 0. The molecular formula is C6H4Cl2INO2. The van der Waals surface area contributed by atoms with Gasteiger partial charge in [0.15, 0.2) is 0 Å². The molecule has 0 unspecified atom stereocenters. The third-order valence-electron chi connectivity index (χ3n) is 1.20. The maximum atomic E-state index is 10.2. The SMILES string of the molecule is O=[N+]([O-])c1ccc(I(Cl)Cl)cc1. The van der Waals surface area contributed by atoms with E-state index in [0.717, 1.165) is 3.57 Å². The summed E-state index contributed by atoms with van der Waals surface area (Å²) < 4.78 is 0.813. The average molecular weight is 320 g/mol. The average Bonchev–Trinajstić information content (AvgIpc) is 2.04. The predicted molar refractivity (Wildman–Crippen MR) is 57.5 cm³/mol. The molecule has 0 fully saturated rings. The van der Waals surface area contributed by atoms with Crippen molar-refractivity contribution in [3.63, 3.8) is 0 Å². The molecule has 0 spiro atoms. The van der Waals surface area contributed by atoms with Crippen molar-refractivity contribution in [2.75, 3.05) is 0 Å². The van der Waals surface area contributed by atoms with E-state index in [1.807, 2.05) is 0 Å². The van der Waals surface area contributed by atoms with E-state index < -0.39 is 22.5 Å². The Hall–Kier alpha value is -0.0700. The molecule has 0 saturated heterocycles. The fourth-order valence-corrected chi connectivity index (χ4v) is 2.84. The maximum absolute atomic E-state index is 10.2. The molecule has 1 aromatic carbocycles. The first kappa shape index (κ1) is 10.0. The molecule has 1 rings (SSSR count). The number of halogens is 3. The van der Waals surface area contributed by atoms with Crippen LogP contribution in [-0.2, 0) is 0 Å². The summed E-state index contributed by atoms with van der Waals surface area (Å²) in [6.45, 7) is 0. The molecule has 0 atom stereocenters. The summed E-state index contributed by atoms with van der Waals surface area (Å²) in [5.74, 6) is 0. The van der Waals surface area contributed by atoms with Gasteiger partial charge in [-0.15, -0.1) is 0 Å². The van der Waals surface area contributed by atoms with Crippen molar-refractivity contribution in [3.8, 4) is 0 Å². The monoisotopic (exact) mass is 319 g/mol. The van der Waals surface area contributed by atoms with Gasteiger partial charge >= 0.3 is 83.9 Å². The molecule has 66 valence electrons. The van der Waals surface area contributed by atoms with Crippen LogP contribution in [0.4, 0.5) is 5.69 Å². The molecule has 12 heavy (non-hydrogen) atoms. The van der Waals surface area contributed by atoms with E-state index in [1.165, 1.54) is 12.1 Å². The number of hydrogen-bond acceptors (Lipinski definition) is 2. The van der Waals surface area contributed by atoms with Gasteiger partial charge in [-0.05, 0) is 0 Å². The Labute approximate surface area is 83.6 Å². The fraction of sp³-hybridized carbons (Fsp3) is 0. The Morgan fingerprint density at radius 3 is 2.08 bits per heavy atom. The van der Waals surface area contributed by atoms with Crippen LogP contribution in [0.15, 0.2) is 24.3 Å². The van der Waals surface area contributed by atoms with Crippen molar-refractivity contribution in [1.82, 2.24) is 0 Å². The normalized spacial score (nSPS) is 11.0. The number of non-ortho nitro benzene ring substituents is 1. The van der Waals surface area contributed by atoms with E-state index in [9.17, 15) is 10.1 Å². The second-order valence-corrected chi connectivity index (χ2v) is 9.11. The Kier molecular flexibility index (Phi) is 3.54. The number of nitrogens with zero attached hydrogens (tertiary/aromatic N) is 1. The number of benzene rings is 1. The first-order chi connectivity index (χ1) is 5.61. The molecular weight excluding hydrogens is 316 g/mol. The Bertz CT molecular complexity index is 288.